The number of hydrogen-bond acceptors (Lipinski definition) is 6. The molecule has 0 bridgehead atoms. The Morgan fingerprint density at radius 2 is 2.11 bits per heavy atom. The van der Waals surface area contributed by atoms with E-state index in [2.05, 4.69) is 4.74 Å². The molecule has 0 amide bonds. The third kappa shape index (κ3) is 3.52. The lowest BCUT2D eigenvalue weighted by atomic mass is 9.74. The number of esters is 1. The Hall–Kier alpha value is -1.92. The minimum atomic E-state index is -1.34. The van der Waals surface area contributed by atoms with Gasteiger partial charge in [-0.1, -0.05) is 13.8 Å². The molecule has 1 N–H and O–H groups in total. The SMILES string of the molecule is COC(=O)C(C[N+](=O)[O-])C1=C(O)CC(C)(C)CC1=O. The fourth-order valence-corrected chi connectivity index (χ4v) is 2.27. The molecule has 0 aromatic carbocycles. The number of aliphatic hydroxyl groups excluding tert-OH is 1. The molecule has 0 aromatic rings. The summed E-state index contributed by atoms with van der Waals surface area (Å²) >= 11 is 0. The first-order valence-corrected chi connectivity index (χ1v) is 5.83. The highest BCUT2D eigenvalue weighted by molar-refractivity contribution is 6.02. The Morgan fingerprint density at radius 3 is 2.53 bits per heavy atom. The molecule has 1 aliphatic carbocycles. The molecule has 1 unspecified atom stereocenters. The predicted molar refractivity (Wildman–Crippen MR) is 65.0 cm³/mol. The van der Waals surface area contributed by atoms with Crippen LogP contribution in [0, 0.1) is 21.4 Å². The molecule has 1 aliphatic rings. The van der Waals surface area contributed by atoms with Gasteiger partial charge >= 0.3 is 5.97 Å². The minimum absolute atomic E-state index is 0.137. The second kappa shape index (κ2) is 5.38. The average molecular weight is 271 g/mol. The van der Waals surface area contributed by atoms with Gasteiger partial charge < -0.3 is 9.84 Å². The number of ether oxygens (including phenoxy) is 1. The Bertz CT molecular complexity index is 451. The third-order valence-corrected chi connectivity index (χ3v) is 3.06. The highest BCUT2D eigenvalue weighted by Crippen LogP contribution is 2.38. The summed E-state index contributed by atoms with van der Waals surface area (Å²) in [5.74, 6) is -2.92. The van der Waals surface area contributed by atoms with E-state index in [0.29, 0.717) is 0 Å². The maximum Gasteiger partial charge on any atom is 0.320 e. The van der Waals surface area contributed by atoms with Crippen molar-refractivity contribution in [3.8, 4) is 0 Å². The summed E-state index contributed by atoms with van der Waals surface area (Å²) in [5, 5.41) is 20.5. The van der Waals surface area contributed by atoms with Crippen molar-refractivity contribution in [2.24, 2.45) is 11.3 Å². The number of methoxy groups -OCH3 is 1. The van der Waals surface area contributed by atoms with Gasteiger partial charge in [0.15, 0.2) is 11.7 Å². The van der Waals surface area contributed by atoms with E-state index in [1.165, 1.54) is 0 Å². The Morgan fingerprint density at radius 1 is 1.53 bits per heavy atom. The summed E-state index contributed by atoms with van der Waals surface area (Å²) in [7, 11) is 1.09. The van der Waals surface area contributed by atoms with Crippen molar-refractivity contribution in [3.05, 3.63) is 21.4 Å². The Labute approximate surface area is 110 Å². The van der Waals surface area contributed by atoms with Crippen LogP contribution in [0.3, 0.4) is 0 Å². The van der Waals surface area contributed by atoms with Crippen molar-refractivity contribution >= 4 is 11.8 Å². The van der Waals surface area contributed by atoms with Gasteiger partial charge in [-0.05, 0) is 5.41 Å². The molecule has 0 aliphatic heterocycles. The lowest BCUT2D eigenvalue weighted by Crippen LogP contribution is -2.35. The molecule has 0 fully saturated rings. The van der Waals surface area contributed by atoms with Crippen LogP contribution in [-0.4, -0.2) is 35.4 Å². The molecule has 0 radical (unpaired) electrons. The van der Waals surface area contributed by atoms with Crippen LogP contribution < -0.4 is 0 Å². The maximum absolute atomic E-state index is 12.0. The first kappa shape index (κ1) is 15.1. The third-order valence-electron chi connectivity index (χ3n) is 3.06. The number of nitro groups is 1. The van der Waals surface area contributed by atoms with Crippen molar-refractivity contribution in [2.45, 2.75) is 26.7 Å². The summed E-state index contributed by atoms with van der Waals surface area (Å²) < 4.78 is 4.47. The molecule has 7 heteroatoms. The van der Waals surface area contributed by atoms with Gasteiger partial charge in [0.25, 0.3) is 0 Å². The maximum atomic E-state index is 12.0. The van der Waals surface area contributed by atoms with E-state index in [9.17, 15) is 24.8 Å². The van der Waals surface area contributed by atoms with Gasteiger partial charge in [0.2, 0.25) is 6.54 Å². The molecular formula is C12H17NO6. The molecule has 0 saturated carbocycles. The first-order valence-electron chi connectivity index (χ1n) is 5.83. The summed E-state index contributed by atoms with van der Waals surface area (Å²) in [6, 6.07) is 0. The molecule has 7 nitrogen and oxygen atoms in total. The normalized spacial score (nSPS) is 20.1. The second-order valence-corrected chi connectivity index (χ2v) is 5.39. The number of allylic oxidation sites excluding steroid dienone is 1. The van der Waals surface area contributed by atoms with Gasteiger partial charge in [-0.2, -0.15) is 0 Å². The zero-order valence-electron chi connectivity index (χ0n) is 11.1. The van der Waals surface area contributed by atoms with Gasteiger partial charge in [0.1, 0.15) is 5.76 Å². The van der Waals surface area contributed by atoms with Gasteiger partial charge in [0.05, 0.1) is 12.7 Å². The van der Waals surface area contributed by atoms with E-state index in [0.717, 1.165) is 7.11 Å². The van der Waals surface area contributed by atoms with Crippen molar-refractivity contribution in [1.29, 1.82) is 0 Å². The fourth-order valence-electron chi connectivity index (χ4n) is 2.27. The van der Waals surface area contributed by atoms with Crippen LogP contribution in [0.5, 0.6) is 0 Å². The molecule has 0 spiro atoms. The fraction of sp³-hybridized carbons (Fsp3) is 0.667. The van der Waals surface area contributed by atoms with Crippen LogP contribution in [0.1, 0.15) is 26.7 Å². The number of carbonyl (C=O) groups is 2. The lowest BCUT2D eigenvalue weighted by molar-refractivity contribution is -0.484. The zero-order valence-corrected chi connectivity index (χ0v) is 11.1. The van der Waals surface area contributed by atoms with E-state index in [1.807, 2.05) is 0 Å². The number of rotatable bonds is 4. The second-order valence-electron chi connectivity index (χ2n) is 5.39. The number of ketones is 1. The molecule has 106 valence electrons. The van der Waals surface area contributed by atoms with E-state index >= 15 is 0 Å². The van der Waals surface area contributed by atoms with Crippen molar-refractivity contribution in [3.63, 3.8) is 0 Å². The van der Waals surface area contributed by atoms with Gasteiger partial charge in [0, 0.05) is 17.8 Å². The predicted octanol–water partition coefficient (Wildman–Crippen LogP) is 1.25. The number of aliphatic hydroxyl groups is 1. The number of Topliss-reactive ketones (excluding diaryl/α,β-unsaturated/α-hetero) is 1. The average Bonchev–Trinajstić information content (AvgIpc) is 2.23. The molecule has 1 rings (SSSR count). The number of carbonyl (C=O) groups excluding carboxylic acids is 2. The van der Waals surface area contributed by atoms with Crippen LogP contribution in [0.2, 0.25) is 0 Å². The summed E-state index contributed by atoms with van der Waals surface area (Å²) in [5.41, 5.74) is -0.595. The molecule has 0 saturated heterocycles. The van der Waals surface area contributed by atoms with E-state index in [-0.39, 0.29) is 24.2 Å². The Balaban J connectivity index is 3.17. The van der Waals surface area contributed by atoms with E-state index < -0.39 is 34.6 Å². The van der Waals surface area contributed by atoms with Crippen LogP contribution in [0.15, 0.2) is 11.3 Å². The highest BCUT2D eigenvalue weighted by atomic mass is 16.6. The largest absolute Gasteiger partial charge is 0.512 e. The number of hydrogen-bond donors (Lipinski definition) is 1. The van der Waals surface area contributed by atoms with Crippen molar-refractivity contribution in [2.75, 3.05) is 13.7 Å². The van der Waals surface area contributed by atoms with E-state index in [4.69, 9.17) is 0 Å². The van der Waals surface area contributed by atoms with Crippen LogP contribution in [-0.2, 0) is 14.3 Å². The smallest absolute Gasteiger partial charge is 0.320 e. The molecule has 1 atom stereocenters. The summed E-state index contributed by atoms with van der Waals surface area (Å²) in [4.78, 5) is 33.5. The summed E-state index contributed by atoms with van der Waals surface area (Å²) in [6.07, 6.45) is 0.344. The summed E-state index contributed by atoms with van der Waals surface area (Å²) in [6.45, 7) is 2.84. The molecule has 19 heavy (non-hydrogen) atoms. The molecular weight excluding hydrogens is 254 g/mol. The molecule has 0 heterocycles. The topological polar surface area (TPSA) is 107 Å². The Kier molecular flexibility index (Phi) is 4.28. The first-order chi connectivity index (χ1) is 8.68. The van der Waals surface area contributed by atoms with Gasteiger partial charge in [-0.25, -0.2) is 0 Å². The monoisotopic (exact) mass is 271 g/mol. The zero-order chi connectivity index (χ0) is 14.8. The van der Waals surface area contributed by atoms with Gasteiger partial charge in [-0.15, -0.1) is 0 Å². The van der Waals surface area contributed by atoms with Crippen LogP contribution in [0.25, 0.3) is 0 Å². The van der Waals surface area contributed by atoms with Crippen LogP contribution in [0.4, 0.5) is 0 Å². The standard InChI is InChI=1S/C12H17NO6/c1-12(2)4-8(14)10(9(15)5-12)7(6-13(17)18)11(16)19-3/h7,14H,4-6H2,1-3H3. The van der Waals surface area contributed by atoms with Crippen LogP contribution >= 0.6 is 0 Å². The quantitative estimate of drug-likeness (QED) is 0.468. The molecule has 0 aromatic heterocycles. The van der Waals surface area contributed by atoms with E-state index in [1.54, 1.807) is 13.8 Å². The highest BCUT2D eigenvalue weighted by Gasteiger charge is 2.41. The van der Waals surface area contributed by atoms with Crippen molar-refractivity contribution in [1.82, 2.24) is 0 Å². The van der Waals surface area contributed by atoms with Gasteiger partial charge in [-0.3, -0.25) is 19.7 Å². The minimum Gasteiger partial charge on any atom is -0.512 e. The van der Waals surface area contributed by atoms with Crippen molar-refractivity contribution < 1.29 is 24.4 Å². The lowest BCUT2D eigenvalue weighted by Gasteiger charge is -2.30. The number of nitrogens with zero attached hydrogens (tertiary/aromatic N) is 1.